The molecule has 3 rings (SSSR count). The molecule has 0 aromatic heterocycles. The highest BCUT2D eigenvalue weighted by molar-refractivity contribution is 8.18. The van der Waals surface area contributed by atoms with Crippen LogP contribution in [0, 0.1) is 6.92 Å². The summed E-state index contributed by atoms with van der Waals surface area (Å²) in [5.74, 6) is -1.19. The quantitative estimate of drug-likeness (QED) is 0.461. The van der Waals surface area contributed by atoms with Crippen LogP contribution in [0.4, 0.5) is 10.5 Å². The van der Waals surface area contributed by atoms with Gasteiger partial charge < -0.3 is 14.8 Å². The van der Waals surface area contributed by atoms with Crippen molar-refractivity contribution in [1.82, 2.24) is 4.90 Å². The molecular weight excluding hydrogens is 444 g/mol. The number of ether oxygens (including phenoxy) is 2. The number of nitrogens with zero attached hydrogens (tertiary/aromatic N) is 1. The number of hydrogen-bond donors (Lipinski definition) is 1. The molecule has 1 fully saturated rings. The van der Waals surface area contributed by atoms with Crippen LogP contribution in [0.25, 0.3) is 6.08 Å². The predicted molar refractivity (Wildman–Crippen MR) is 126 cm³/mol. The topological polar surface area (TPSA) is 102 Å². The zero-order valence-corrected chi connectivity index (χ0v) is 19.3. The molecule has 1 atom stereocenters. The summed E-state index contributed by atoms with van der Waals surface area (Å²) < 4.78 is 10.6. The Hall–Kier alpha value is -3.59. The average molecular weight is 469 g/mol. The summed E-state index contributed by atoms with van der Waals surface area (Å²) in [6.45, 7) is 4.96. The number of para-hydroxylation sites is 1. The van der Waals surface area contributed by atoms with E-state index in [4.69, 9.17) is 9.47 Å². The van der Waals surface area contributed by atoms with Crippen LogP contribution >= 0.6 is 11.8 Å². The number of amides is 3. The fourth-order valence-electron chi connectivity index (χ4n) is 3.03. The maximum absolute atomic E-state index is 12.8. The summed E-state index contributed by atoms with van der Waals surface area (Å²) in [4.78, 5) is 50.4. The Morgan fingerprint density at radius 2 is 1.82 bits per heavy atom. The number of carbonyl (C=O) groups is 4. The third-order valence-electron chi connectivity index (χ3n) is 4.74. The first kappa shape index (κ1) is 24.1. The van der Waals surface area contributed by atoms with E-state index in [2.05, 4.69) is 5.32 Å². The van der Waals surface area contributed by atoms with E-state index in [0.29, 0.717) is 17.0 Å². The van der Waals surface area contributed by atoms with Crippen LogP contribution < -0.4 is 10.1 Å². The Labute approximate surface area is 195 Å². The van der Waals surface area contributed by atoms with Crippen LogP contribution in [-0.4, -0.2) is 47.2 Å². The molecule has 2 aromatic carbocycles. The molecule has 8 nitrogen and oxygen atoms in total. The van der Waals surface area contributed by atoms with Gasteiger partial charge in [0.2, 0.25) is 0 Å². The number of esters is 1. The normalized spacial score (nSPS) is 15.5. The number of nitrogens with one attached hydrogen (secondary N) is 1. The monoisotopic (exact) mass is 468 g/mol. The fourth-order valence-corrected chi connectivity index (χ4v) is 3.93. The van der Waals surface area contributed by atoms with Gasteiger partial charge in [-0.3, -0.25) is 19.3 Å². The third kappa shape index (κ3) is 6.01. The Kier molecular flexibility index (Phi) is 7.89. The summed E-state index contributed by atoms with van der Waals surface area (Å²) in [6.07, 6.45) is 1.51. The summed E-state index contributed by atoms with van der Waals surface area (Å²) >= 11 is 0.732. The molecule has 1 aliphatic heterocycles. The number of imide groups is 1. The molecule has 1 aliphatic rings. The minimum absolute atomic E-state index is 0.149. The van der Waals surface area contributed by atoms with Gasteiger partial charge in [-0.2, -0.15) is 0 Å². The minimum atomic E-state index is -1.03. The molecule has 0 spiro atoms. The lowest BCUT2D eigenvalue weighted by atomic mass is 10.1. The van der Waals surface area contributed by atoms with E-state index in [1.165, 1.54) is 13.0 Å². The van der Waals surface area contributed by atoms with Gasteiger partial charge in [-0.25, -0.2) is 4.79 Å². The van der Waals surface area contributed by atoms with E-state index >= 15 is 0 Å². The molecule has 1 saturated heterocycles. The van der Waals surface area contributed by atoms with Crippen molar-refractivity contribution in [2.45, 2.75) is 26.8 Å². The zero-order chi connectivity index (χ0) is 24.0. The van der Waals surface area contributed by atoms with E-state index < -0.39 is 23.2 Å². The van der Waals surface area contributed by atoms with Gasteiger partial charge in [0.15, 0.2) is 6.61 Å². The Morgan fingerprint density at radius 1 is 1.12 bits per heavy atom. The van der Waals surface area contributed by atoms with Crippen molar-refractivity contribution in [3.05, 3.63) is 64.6 Å². The van der Waals surface area contributed by atoms with Crippen LogP contribution in [0.1, 0.15) is 25.0 Å². The second-order valence-corrected chi connectivity index (χ2v) is 8.21. The summed E-state index contributed by atoms with van der Waals surface area (Å²) in [5.41, 5.74) is 2.26. The second-order valence-electron chi connectivity index (χ2n) is 7.22. The largest absolute Gasteiger partial charge is 0.483 e. The van der Waals surface area contributed by atoms with Gasteiger partial charge in [-0.1, -0.05) is 35.9 Å². The van der Waals surface area contributed by atoms with Crippen LogP contribution in [-0.2, 0) is 19.1 Å². The molecule has 0 unspecified atom stereocenters. The van der Waals surface area contributed by atoms with Crippen molar-refractivity contribution in [2.24, 2.45) is 0 Å². The predicted octanol–water partition coefficient (Wildman–Crippen LogP) is 4.00. The Bertz CT molecular complexity index is 1100. The van der Waals surface area contributed by atoms with Gasteiger partial charge in [0.05, 0.1) is 11.5 Å². The van der Waals surface area contributed by atoms with E-state index in [1.807, 2.05) is 19.1 Å². The Balaban J connectivity index is 1.70. The van der Waals surface area contributed by atoms with Crippen molar-refractivity contribution in [2.75, 3.05) is 18.5 Å². The van der Waals surface area contributed by atoms with Crippen molar-refractivity contribution in [3.63, 3.8) is 0 Å². The standard InChI is InChI=1S/C24H24N2O6S/c1-4-31-23(29)16(3)26-22(28)20(33-24(26)30)13-17-7-5-6-8-19(17)32-14-21(27)25-18-11-9-15(2)10-12-18/h5-13,16H,4,14H2,1-3H3,(H,25,27)/b20-13+/t16-/m1/s1. The maximum atomic E-state index is 12.8. The molecule has 172 valence electrons. The average Bonchev–Trinajstić information content (AvgIpc) is 3.07. The summed E-state index contributed by atoms with van der Waals surface area (Å²) in [6, 6.07) is 13.2. The van der Waals surface area contributed by atoms with Crippen LogP contribution in [0.3, 0.4) is 0 Å². The number of thioether (sulfide) groups is 1. The lowest BCUT2D eigenvalue weighted by molar-refractivity contribution is -0.150. The number of benzene rings is 2. The second kappa shape index (κ2) is 10.8. The third-order valence-corrected chi connectivity index (χ3v) is 5.62. The van der Waals surface area contributed by atoms with E-state index in [9.17, 15) is 19.2 Å². The van der Waals surface area contributed by atoms with E-state index in [1.54, 1.807) is 43.3 Å². The maximum Gasteiger partial charge on any atom is 0.329 e. The smallest absolute Gasteiger partial charge is 0.329 e. The number of carbonyl (C=O) groups excluding carboxylic acids is 4. The van der Waals surface area contributed by atoms with Gasteiger partial charge in [0.1, 0.15) is 11.8 Å². The number of hydrogen-bond acceptors (Lipinski definition) is 7. The molecule has 0 radical (unpaired) electrons. The molecule has 3 amide bonds. The highest BCUT2D eigenvalue weighted by atomic mass is 32.2. The van der Waals surface area contributed by atoms with Gasteiger partial charge >= 0.3 is 5.97 Å². The van der Waals surface area contributed by atoms with Gasteiger partial charge in [0.25, 0.3) is 17.1 Å². The highest BCUT2D eigenvalue weighted by Crippen LogP contribution is 2.35. The fraction of sp³-hybridized carbons (Fsp3) is 0.250. The van der Waals surface area contributed by atoms with Crippen LogP contribution in [0.15, 0.2) is 53.4 Å². The SMILES string of the molecule is CCOC(=O)[C@@H](C)N1C(=O)S/C(=C/c2ccccc2OCC(=O)Nc2ccc(C)cc2)C1=O. The molecule has 0 saturated carbocycles. The van der Waals surface area contributed by atoms with E-state index in [-0.39, 0.29) is 24.0 Å². The number of rotatable bonds is 8. The summed E-state index contributed by atoms with van der Waals surface area (Å²) in [5, 5.41) is 2.20. The number of anilines is 1. The molecule has 9 heteroatoms. The Morgan fingerprint density at radius 3 is 2.52 bits per heavy atom. The van der Waals surface area contributed by atoms with Gasteiger partial charge in [-0.05, 0) is 56.8 Å². The minimum Gasteiger partial charge on any atom is -0.483 e. The van der Waals surface area contributed by atoms with Crippen LogP contribution in [0.2, 0.25) is 0 Å². The first-order valence-electron chi connectivity index (χ1n) is 10.3. The van der Waals surface area contributed by atoms with Crippen LogP contribution in [0.5, 0.6) is 5.75 Å². The van der Waals surface area contributed by atoms with Gasteiger partial charge in [0, 0.05) is 11.3 Å². The van der Waals surface area contributed by atoms with Crippen molar-refractivity contribution < 1.29 is 28.7 Å². The molecule has 1 N–H and O–H groups in total. The zero-order valence-electron chi connectivity index (χ0n) is 18.5. The summed E-state index contributed by atoms with van der Waals surface area (Å²) in [7, 11) is 0. The molecule has 0 aliphatic carbocycles. The lowest BCUT2D eigenvalue weighted by Crippen LogP contribution is -2.42. The molecule has 33 heavy (non-hydrogen) atoms. The van der Waals surface area contributed by atoms with Crippen molar-refractivity contribution >= 4 is 46.5 Å². The molecular formula is C24H24N2O6S. The number of aryl methyl sites for hydroxylation is 1. The van der Waals surface area contributed by atoms with E-state index in [0.717, 1.165) is 22.2 Å². The van der Waals surface area contributed by atoms with Crippen molar-refractivity contribution in [1.29, 1.82) is 0 Å². The highest BCUT2D eigenvalue weighted by Gasteiger charge is 2.41. The lowest BCUT2D eigenvalue weighted by Gasteiger charge is -2.19. The molecule has 0 bridgehead atoms. The molecule has 1 heterocycles. The molecule has 2 aromatic rings. The van der Waals surface area contributed by atoms with Gasteiger partial charge in [-0.15, -0.1) is 0 Å². The first-order valence-corrected chi connectivity index (χ1v) is 11.1. The first-order chi connectivity index (χ1) is 15.8. The van der Waals surface area contributed by atoms with Crippen molar-refractivity contribution in [3.8, 4) is 5.75 Å².